The molecule has 1 aromatic rings. The number of benzene rings is 1. The SMILES string of the molecule is CC(C(=O)Nc1cccc(NS(C)(=O)=O)c1)C1CNC1. The van der Waals surface area contributed by atoms with E-state index in [0.717, 1.165) is 19.3 Å². The molecule has 1 aromatic carbocycles. The Morgan fingerprint density at radius 3 is 2.55 bits per heavy atom. The fraction of sp³-hybridized carbons (Fsp3) is 0.462. The molecule has 2 rings (SSSR count). The Kier molecular flexibility index (Phi) is 4.29. The molecule has 1 aliphatic rings. The summed E-state index contributed by atoms with van der Waals surface area (Å²) in [6.07, 6.45) is 1.09. The Labute approximate surface area is 119 Å². The second kappa shape index (κ2) is 5.80. The predicted octanol–water partition coefficient (Wildman–Crippen LogP) is 0.852. The molecule has 1 amide bonds. The molecule has 0 aromatic heterocycles. The van der Waals surface area contributed by atoms with Gasteiger partial charge in [-0.3, -0.25) is 9.52 Å². The van der Waals surface area contributed by atoms with E-state index < -0.39 is 10.0 Å². The lowest BCUT2D eigenvalue weighted by Gasteiger charge is -2.31. The van der Waals surface area contributed by atoms with Crippen molar-refractivity contribution in [1.29, 1.82) is 0 Å². The second-order valence-electron chi connectivity index (χ2n) is 5.15. The van der Waals surface area contributed by atoms with Crippen LogP contribution in [-0.2, 0) is 14.8 Å². The first kappa shape index (κ1) is 14.8. The van der Waals surface area contributed by atoms with Crippen LogP contribution in [0.15, 0.2) is 24.3 Å². The molecule has 7 heteroatoms. The lowest BCUT2D eigenvalue weighted by Crippen LogP contribution is -2.48. The first-order valence-corrected chi connectivity index (χ1v) is 8.34. The molecule has 110 valence electrons. The molecule has 20 heavy (non-hydrogen) atoms. The maximum atomic E-state index is 12.1. The van der Waals surface area contributed by atoms with Crippen LogP contribution in [0.4, 0.5) is 11.4 Å². The molecule has 6 nitrogen and oxygen atoms in total. The van der Waals surface area contributed by atoms with Crippen molar-refractivity contribution in [2.45, 2.75) is 6.92 Å². The summed E-state index contributed by atoms with van der Waals surface area (Å²) in [6.45, 7) is 3.63. The zero-order chi connectivity index (χ0) is 14.8. The molecular formula is C13H19N3O3S. The van der Waals surface area contributed by atoms with Crippen molar-refractivity contribution in [3.8, 4) is 0 Å². The fourth-order valence-electron chi connectivity index (χ4n) is 2.01. The minimum atomic E-state index is -3.32. The van der Waals surface area contributed by atoms with Gasteiger partial charge in [0.2, 0.25) is 15.9 Å². The molecule has 0 saturated carbocycles. The standard InChI is InChI=1S/C13H19N3O3S/c1-9(10-7-14-8-10)13(17)15-11-4-3-5-12(6-11)16-20(2,18)19/h3-6,9-10,14,16H,7-8H2,1-2H3,(H,15,17). The normalized spacial score (nSPS) is 17.1. The molecule has 1 fully saturated rings. The van der Waals surface area contributed by atoms with Crippen LogP contribution in [-0.4, -0.2) is 33.7 Å². The molecular weight excluding hydrogens is 278 g/mol. The van der Waals surface area contributed by atoms with Crippen LogP contribution in [0.5, 0.6) is 0 Å². The van der Waals surface area contributed by atoms with Crippen molar-refractivity contribution in [3.63, 3.8) is 0 Å². The van der Waals surface area contributed by atoms with Crippen LogP contribution in [0.25, 0.3) is 0 Å². The van der Waals surface area contributed by atoms with Gasteiger partial charge >= 0.3 is 0 Å². The fourth-order valence-corrected chi connectivity index (χ4v) is 2.56. The number of carbonyl (C=O) groups excluding carboxylic acids is 1. The molecule has 1 unspecified atom stereocenters. The first-order chi connectivity index (χ1) is 9.35. The van der Waals surface area contributed by atoms with Crippen molar-refractivity contribution < 1.29 is 13.2 Å². The zero-order valence-electron chi connectivity index (χ0n) is 11.5. The maximum absolute atomic E-state index is 12.1. The van der Waals surface area contributed by atoms with Crippen molar-refractivity contribution in [3.05, 3.63) is 24.3 Å². The molecule has 0 aliphatic carbocycles. The molecule has 0 radical (unpaired) electrons. The van der Waals surface area contributed by atoms with Crippen LogP contribution in [0, 0.1) is 11.8 Å². The Balaban J connectivity index is 2.02. The van der Waals surface area contributed by atoms with Gasteiger partial charge in [-0.05, 0) is 37.2 Å². The maximum Gasteiger partial charge on any atom is 0.229 e. The second-order valence-corrected chi connectivity index (χ2v) is 6.90. The average Bonchev–Trinajstić information content (AvgIpc) is 2.24. The Bertz CT molecular complexity index is 597. The summed E-state index contributed by atoms with van der Waals surface area (Å²) in [5, 5.41) is 5.95. The van der Waals surface area contributed by atoms with Gasteiger partial charge in [0.25, 0.3) is 0 Å². The van der Waals surface area contributed by atoms with E-state index in [4.69, 9.17) is 0 Å². The van der Waals surface area contributed by atoms with Gasteiger partial charge in [-0.25, -0.2) is 8.42 Å². The van der Waals surface area contributed by atoms with Gasteiger partial charge in [-0.2, -0.15) is 0 Å². The summed E-state index contributed by atoms with van der Waals surface area (Å²) in [5.74, 6) is 0.253. The van der Waals surface area contributed by atoms with E-state index in [1.165, 1.54) is 0 Å². The van der Waals surface area contributed by atoms with Crippen LogP contribution < -0.4 is 15.4 Å². The quantitative estimate of drug-likeness (QED) is 0.752. The van der Waals surface area contributed by atoms with Crippen LogP contribution >= 0.6 is 0 Å². The summed E-state index contributed by atoms with van der Waals surface area (Å²) in [6, 6.07) is 6.66. The largest absolute Gasteiger partial charge is 0.326 e. The third-order valence-corrected chi connectivity index (χ3v) is 3.97. The molecule has 0 spiro atoms. The predicted molar refractivity (Wildman–Crippen MR) is 79.1 cm³/mol. The summed E-state index contributed by atoms with van der Waals surface area (Å²) < 4.78 is 24.7. The first-order valence-electron chi connectivity index (χ1n) is 6.44. The molecule has 1 saturated heterocycles. The average molecular weight is 297 g/mol. The van der Waals surface area contributed by atoms with E-state index in [1.54, 1.807) is 24.3 Å². The van der Waals surface area contributed by atoms with E-state index in [0.29, 0.717) is 17.3 Å². The zero-order valence-corrected chi connectivity index (χ0v) is 12.3. The number of hydrogen-bond donors (Lipinski definition) is 3. The number of amides is 1. The van der Waals surface area contributed by atoms with Gasteiger partial charge in [0.05, 0.1) is 11.9 Å². The summed E-state index contributed by atoms with van der Waals surface area (Å²) in [4.78, 5) is 12.1. The lowest BCUT2D eigenvalue weighted by molar-refractivity contribution is -0.121. The molecule has 1 aliphatic heterocycles. The van der Waals surface area contributed by atoms with E-state index in [2.05, 4.69) is 15.4 Å². The van der Waals surface area contributed by atoms with Crippen LogP contribution in [0.2, 0.25) is 0 Å². The summed E-state index contributed by atoms with van der Waals surface area (Å²) in [7, 11) is -3.32. The Hall–Kier alpha value is -1.60. The highest BCUT2D eigenvalue weighted by Gasteiger charge is 2.28. The van der Waals surface area contributed by atoms with Crippen molar-refractivity contribution in [2.24, 2.45) is 11.8 Å². The molecule has 3 N–H and O–H groups in total. The number of sulfonamides is 1. The number of anilines is 2. The highest BCUT2D eigenvalue weighted by Crippen LogP contribution is 2.20. The van der Waals surface area contributed by atoms with Gasteiger partial charge < -0.3 is 10.6 Å². The monoisotopic (exact) mass is 297 g/mol. The van der Waals surface area contributed by atoms with Gasteiger partial charge in [0, 0.05) is 11.6 Å². The number of nitrogens with one attached hydrogen (secondary N) is 3. The number of rotatable bonds is 5. The van der Waals surface area contributed by atoms with E-state index in [9.17, 15) is 13.2 Å². The van der Waals surface area contributed by atoms with Crippen molar-refractivity contribution in [2.75, 3.05) is 29.4 Å². The van der Waals surface area contributed by atoms with Gasteiger partial charge in [0.1, 0.15) is 0 Å². The van der Waals surface area contributed by atoms with Crippen LogP contribution in [0.1, 0.15) is 6.92 Å². The molecule has 1 atom stereocenters. The van der Waals surface area contributed by atoms with Gasteiger partial charge in [0.15, 0.2) is 0 Å². The van der Waals surface area contributed by atoms with E-state index in [-0.39, 0.29) is 11.8 Å². The molecule has 0 bridgehead atoms. The number of carbonyl (C=O) groups is 1. The van der Waals surface area contributed by atoms with Crippen molar-refractivity contribution in [1.82, 2.24) is 5.32 Å². The highest BCUT2D eigenvalue weighted by atomic mass is 32.2. The number of hydrogen-bond acceptors (Lipinski definition) is 4. The Morgan fingerprint density at radius 2 is 2.00 bits per heavy atom. The highest BCUT2D eigenvalue weighted by molar-refractivity contribution is 7.92. The van der Waals surface area contributed by atoms with Gasteiger partial charge in [-0.1, -0.05) is 13.0 Å². The minimum Gasteiger partial charge on any atom is -0.326 e. The molecule has 1 heterocycles. The summed E-state index contributed by atoms with van der Waals surface area (Å²) >= 11 is 0. The summed E-state index contributed by atoms with van der Waals surface area (Å²) in [5.41, 5.74) is 1.02. The van der Waals surface area contributed by atoms with Crippen molar-refractivity contribution >= 4 is 27.3 Å². The van der Waals surface area contributed by atoms with Gasteiger partial charge in [-0.15, -0.1) is 0 Å². The topological polar surface area (TPSA) is 87.3 Å². The third kappa shape index (κ3) is 3.94. The lowest BCUT2D eigenvalue weighted by atomic mass is 9.88. The third-order valence-electron chi connectivity index (χ3n) is 3.37. The van der Waals surface area contributed by atoms with Crippen LogP contribution in [0.3, 0.4) is 0 Å². The van der Waals surface area contributed by atoms with E-state index in [1.807, 2.05) is 6.92 Å². The smallest absolute Gasteiger partial charge is 0.229 e. The minimum absolute atomic E-state index is 0.0481. The Morgan fingerprint density at radius 1 is 1.35 bits per heavy atom. The van der Waals surface area contributed by atoms with E-state index >= 15 is 0 Å².